The summed E-state index contributed by atoms with van der Waals surface area (Å²) >= 11 is 0. The molecular weight excluding hydrogens is 205 g/mol. The van der Waals surface area contributed by atoms with Gasteiger partial charge in [0.15, 0.2) is 0 Å². The number of aryl methyl sites for hydroxylation is 1. The first-order valence-electron chi connectivity index (χ1n) is 4.86. The van der Waals surface area contributed by atoms with Crippen LogP contribution in [0.3, 0.4) is 0 Å². The first-order chi connectivity index (χ1) is 6.98. The average molecular weight is 216 g/mol. The summed E-state index contributed by atoms with van der Waals surface area (Å²) in [4.78, 5) is 0. The van der Waals surface area contributed by atoms with Gasteiger partial charge in [0.2, 0.25) is 0 Å². The second-order valence-electron chi connectivity index (χ2n) is 3.82. The summed E-state index contributed by atoms with van der Waals surface area (Å²) in [6.07, 6.45) is -2.89. The van der Waals surface area contributed by atoms with Crippen molar-refractivity contribution in [2.45, 2.75) is 31.5 Å². The van der Waals surface area contributed by atoms with Crippen LogP contribution in [-0.4, -0.2) is 5.11 Å². The largest absolute Gasteiger partial charge is 0.416 e. The molecule has 0 saturated carbocycles. The van der Waals surface area contributed by atoms with Crippen LogP contribution in [0.15, 0.2) is 18.2 Å². The molecule has 0 aliphatic heterocycles. The second kappa shape index (κ2) is 3.52. The highest BCUT2D eigenvalue weighted by Crippen LogP contribution is 2.35. The molecule has 0 amide bonds. The summed E-state index contributed by atoms with van der Waals surface area (Å²) in [5, 5.41) is 9.57. The molecule has 0 radical (unpaired) electrons. The van der Waals surface area contributed by atoms with Crippen molar-refractivity contribution in [1.29, 1.82) is 0 Å². The van der Waals surface area contributed by atoms with Crippen LogP contribution in [0, 0.1) is 0 Å². The van der Waals surface area contributed by atoms with Gasteiger partial charge in [-0.15, -0.1) is 0 Å². The highest BCUT2D eigenvalue weighted by atomic mass is 19.4. The summed E-state index contributed by atoms with van der Waals surface area (Å²) in [5.41, 5.74) is 0.646. The fraction of sp³-hybridized carbons (Fsp3) is 0.455. The Balaban J connectivity index is 2.42. The molecule has 1 aliphatic carbocycles. The summed E-state index contributed by atoms with van der Waals surface area (Å²) in [6, 6.07) is 3.58. The highest BCUT2D eigenvalue weighted by Gasteiger charge is 2.31. The fourth-order valence-electron chi connectivity index (χ4n) is 1.97. The zero-order chi connectivity index (χ0) is 11.1. The SMILES string of the molecule is O[C@@H]1CCCc2cc(C(F)(F)F)ccc21. The van der Waals surface area contributed by atoms with E-state index in [1.165, 1.54) is 6.07 Å². The zero-order valence-electron chi connectivity index (χ0n) is 8.01. The average Bonchev–Trinajstić information content (AvgIpc) is 2.16. The number of aliphatic hydroxyl groups excluding tert-OH is 1. The minimum Gasteiger partial charge on any atom is -0.388 e. The van der Waals surface area contributed by atoms with E-state index in [1.54, 1.807) is 0 Å². The quantitative estimate of drug-likeness (QED) is 0.706. The summed E-state index contributed by atoms with van der Waals surface area (Å²) in [5.74, 6) is 0. The Bertz CT molecular complexity index is 371. The lowest BCUT2D eigenvalue weighted by atomic mass is 9.88. The van der Waals surface area contributed by atoms with Gasteiger partial charge in [-0.3, -0.25) is 0 Å². The molecule has 0 bridgehead atoms. The van der Waals surface area contributed by atoms with Crippen molar-refractivity contribution < 1.29 is 18.3 Å². The minimum absolute atomic E-state index is 0.601. The third-order valence-electron chi connectivity index (χ3n) is 2.75. The third kappa shape index (κ3) is 2.00. The first-order valence-corrected chi connectivity index (χ1v) is 4.86. The number of benzene rings is 1. The maximum absolute atomic E-state index is 12.4. The standard InChI is InChI=1S/C11H11F3O/c12-11(13,14)8-4-5-9-7(6-8)2-1-3-10(9)15/h4-6,10,15H,1-3H2/t10-/m1/s1. The van der Waals surface area contributed by atoms with Crippen molar-refractivity contribution in [3.63, 3.8) is 0 Å². The maximum atomic E-state index is 12.4. The van der Waals surface area contributed by atoms with Crippen molar-refractivity contribution in [3.8, 4) is 0 Å². The van der Waals surface area contributed by atoms with Crippen LogP contribution in [0.4, 0.5) is 13.2 Å². The molecule has 15 heavy (non-hydrogen) atoms. The molecule has 0 fully saturated rings. The molecule has 0 heterocycles. The highest BCUT2D eigenvalue weighted by molar-refractivity contribution is 5.36. The van der Waals surface area contributed by atoms with E-state index in [4.69, 9.17) is 0 Å². The summed E-state index contributed by atoms with van der Waals surface area (Å²) < 4.78 is 37.2. The van der Waals surface area contributed by atoms with Gasteiger partial charge in [0.1, 0.15) is 0 Å². The molecule has 1 atom stereocenters. The van der Waals surface area contributed by atoms with E-state index in [0.29, 0.717) is 24.0 Å². The van der Waals surface area contributed by atoms with E-state index in [0.717, 1.165) is 18.6 Å². The lowest BCUT2D eigenvalue weighted by Crippen LogP contribution is -2.12. The Morgan fingerprint density at radius 2 is 2.00 bits per heavy atom. The topological polar surface area (TPSA) is 20.2 Å². The number of hydrogen-bond donors (Lipinski definition) is 1. The van der Waals surface area contributed by atoms with E-state index in [2.05, 4.69) is 0 Å². The van der Waals surface area contributed by atoms with Crippen LogP contribution in [0.1, 0.15) is 35.6 Å². The van der Waals surface area contributed by atoms with Gasteiger partial charge in [0.25, 0.3) is 0 Å². The van der Waals surface area contributed by atoms with Gasteiger partial charge in [-0.25, -0.2) is 0 Å². The Labute approximate surface area is 85.5 Å². The van der Waals surface area contributed by atoms with Crippen LogP contribution in [0.5, 0.6) is 0 Å². The van der Waals surface area contributed by atoms with Gasteiger partial charge in [-0.1, -0.05) is 6.07 Å². The molecule has 1 N–H and O–H groups in total. The maximum Gasteiger partial charge on any atom is 0.416 e. The summed E-state index contributed by atoms with van der Waals surface area (Å²) in [7, 11) is 0. The molecule has 0 spiro atoms. The van der Waals surface area contributed by atoms with Crippen molar-refractivity contribution in [1.82, 2.24) is 0 Å². The van der Waals surface area contributed by atoms with Crippen LogP contribution in [0.2, 0.25) is 0 Å². The number of aliphatic hydroxyl groups is 1. The second-order valence-corrected chi connectivity index (χ2v) is 3.82. The Kier molecular flexibility index (Phi) is 2.46. The van der Waals surface area contributed by atoms with Gasteiger partial charge in [0, 0.05) is 0 Å². The third-order valence-corrected chi connectivity index (χ3v) is 2.75. The first kappa shape index (κ1) is 10.5. The van der Waals surface area contributed by atoms with Crippen molar-refractivity contribution in [2.75, 3.05) is 0 Å². The lowest BCUT2D eigenvalue weighted by molar-refractivity contribution is -0.137. The molecule has 0 unspecified atom stereocenters. The Morgan fingerprint density at radius 3 is 2.67 bits per heavy atom. The van der Waals surface area contributed by atoms with E-state index in [1.807, 2.05) is 0 Å². The van der Waals surface area contributed by atoms with Crippen molar-refractivity contribution in [2.24, 2.45) is 0 Å². The van der Waals surface area contributed by atoms with Crippen LogP contribution < -0.4 is 0 Å². The molecule has 1 aromatic rings. The van der Waals surface area contributed by atoms with E-state index in [-0.39, 0.29) is 0 Å². The predicted molar refractivity (Wildman–Crippen MR) is 49.3 cm³/mol. The monoisotopic (exact) mass is 216 g/mol. The molecule has 0 aromatic heterocycles. The number of rotatable bonds is 0. The molecule has 4 heteroatoms. The van der Waals surface area contributed by atoms with Crippen LogP contribution >= 0.6 is 0 Å². The number of halogens is 3. The Morgan fingerprint density at radius 1 is 1.27 bits per heavy atom. The van der Waals surface area contributed by atoms with Gasteiger partial charge in [-0.05, 0) is 42.5 Å². The van der Waals surface area contributed by atoms with E-state index >= 15 is 0 Å². The zero-order valence-corrected chi connectivity index (χ0v) is 8.01. The molecular formula is C11H11F3O. The smallest absolute Gasteiger partial charge is 0.388 e. The molecule has 1 nitrogen and oxygen atoms in total. The number of fused-ring (bicyclic) bond motifs is 1. The fourth-order valence-corrected chi connectivity index (χ4v) is 1.97. The predicted octanol–water partition coefficient (Wildman–Crippen LogP) is 3.08. The van der Waals surface area contributed by atoms with Gasteiger partial charge >= 0.3 is 6.18 Å². The molecule has 1 aliphatic rings. The van der Waals surface area contributed by atoms with Gasteiger partial charge < -0.3 is 5.11 Å². The number of alkyl halides is 3. The lowest BCUT2D eigenvalue weighted by Gasteiger charge is -2.22. The normalized spacial score (nSPS) is 21.2. The minimum atomic E-state index is -4.29. The van der Waals surface area contributed by atoms with Gasteiger partial charge in [-0.2, -0.15) is 13.2 Å². The van der Waals surface area contributed by atoms with E-state index < -0.39 is 17.8 Å². The number of hydrogen-bond acceptors (Lipinski definition) is 1. The molecule has 0 saturated heterocycles. The summed E-state index contributed by atoms with van der Waals surface area (Å²) in [6.45, 7) is 0. The van der Waals surface area contributed by atoms with Crippen molar-refractivity contribution in [3.05, 3.63) is 34.9 Å². The molecule has 2 rings (SSSR count). The van der Waals surface area contributed by atoms with Crippen molar-refractivity contribution >= 4 is 0 Å². The Hall–Kier alpha value is -1.03. The van der Waals surface area contributed by atoms with Crippen LogP contribution in [-0.2, 0) is 12.6 Å². The molecule has 82 valence electrons. The van der Waals surface area contributed by atoms with E-state index in [9.17, 15) is 18.3 Å². The van der Waals surface area contributed by atoms with Gasteiger partial charge in [0.05, 0.1) is 11.7 Å². The molecule has 1 aromatic carbocycles. The van der Waals surface area contributed by atoms with Crippen LogP contribution in [0.25, 0.3) is 0 Å².